The van der Waals surface area contributed by atoms with Crippen molar-refractivity contribution in [2.24, 2.45) is 0 Å². The van der Waals surface area contributed by atoms with Crippen molar-refractivity contribution in [3.8, 4) is 11.5 Å². The summed E-state index contributed by atoms with van der Waals surface area (Å²) in [5.41, 5.74) is -0.895. The minimum absolute atomic E-state index is 0.403. The number of benzene rings is 1. The fraction of sp³-hybridized carbons (Fsp3) is 0.333. The molecular weight excluding hydrogens is 346 g/mol. The van der Waals surface area contributed by atoms with Crippen LogP contribution < -0.4 is 14.8 Å². The van der Waals surface area contributed by atoms with Crippen LogP contribution in [0.5, 0.6) is 11.5 Å². The van der Waals surface area contributed by atoms with E-state index in [1.807, 2.05) is 33.8 Å². The van der Waals surface area contributed by atoms with Crippen LogP contribution in [-0.2, 0) is 4.74 Å². The van der Waals surface area contributed by atoms with E-state index < -0.39 is 17.2 Å². The van der Waals surface area contributed by atoms with Crippen molar-refractivity contribution >= 4 is 12.4 Å². The number of methoxy groups -OCH3 is 1. The first-order valence-electron chi connectivity index (χ1n) is 8.55. The smallest absolute Gasteiger partial charge is 0.408 e. The zero-order chi connectivity index (χ0) is 20.1. The van der Waals surface area contributed by atoms with Crippen molar-refractivity contribution in [1.82, 2.24) is 5.32 Å². The number of rotatable bonds is 5. The molecule has 0 heterocycles. The summed E-state index contributed by atoms with van der Waals surface area (Å²) in [6.45, 7) is 7.27. The first-order chi connectivity index (χ1) is 12.6. The quantitative estimate of drug-likeness (QED) is 0.786. The lowest BCUT2D eigenvalue weighted by atomic mass is 10.0. The van der Waals surface area contributed by atoms with E-state index in [2.05, 4.69) is 5.32 Å². The molecule has 27 heavy (non-hydrogen) atoms. The lowest BCUT2D eigenvalue weighted by Gasteiger charge is -2.26. The number of ether oxygens (including phenoxy) is 3. The predicted molar refractivity (Wildman–Crippen MR) is 103 cm³/mol. The summed E-state index contributed by atoms with van der Waals surface area (Å²) >= 11 is 0. The van der Waals surface area contributed by atoms with Gasteiger partial charge in [0.15, 0.2) is 6.29 Å². The number of alkyl carbamates (subject to hydrolysis) is 1. The highest BCUT2D eigenvalue weighted by Crippen LogP contribution is 2.25. The summed E-state index contributed by atoms with van der Waals surface area (Å²) in [6, 6.07) is 4.99. The van der Waals surface area contributed by atoms with Crippen molar-refractivity contribution in [3.05, 3.63) is 59.9 Å². The second-order valence-corrected chi connectivity index (χ2v) is 7.29. The minimum atomic E-state index is -0.724. The maximum absolute atomic E-state index is 12.1. The van der Waals surface area contributed by atoms with E-state index in [1.165, 1.54) is 7.11 Å². The molecule has 2 rings (SSSR count). The average Bonchev–Trinajstić information content (AvgIpc) is 2.74. The first-order valence-corrected chi connectivity index (χ1v) is 8.55. The second-order valence-electron chi connectivity index (χ2n) is 7.29. The van der Waals surface area contributed by atoms with E-state index in [9.17, 15) is 9.59 Å². The molecule has 6 nitrogen and oxygen atoms in total. The van der Waals surface area contributed by atoms with Crippen molar-refractivity contribution in [2.75, 3.05) is 7.11 Å². The van der Waals surface area contributed by atoms with Gasteiger partial charge in [0.25, 0.3) is 0 Å². The van der Waals surface area contributed by atoms with Crippen LogP contribution in [-0.4, -0.2) is 30.6 Å². The van der Waals surface area contributed by atoms with Crippen LogP contribution >= 0.6 is 0 Å². The molecule has 144 valence electrons. The third kappa shape index (κ3) is 6.02. The van der Waals surface area contributed by atoms with Gasteiger partial charge in [0, 0.05) is 0 Å². The highest BCUT2D eigenvalue weighted by Gasteiger charge is 2.25. The Morgan fingerprint density at radius 3 is 2.59 bits per heavy atom. The van der Waals surface area contributed by atoms with Crippen LogP contribution in [0.25, 0.3) is 0 Å². The molecule has 0 aliphatic heterocycles. The summed E-state index contributed by atoms with van der Waals surface area (Å²) in [5.74, 6) is 1.55. The normalized spacial score (nSPS) is 18.9. The lowest BCUT2D eigenvalue weighted by molar-refractivity contribution is 0.0499. The second kappa shape index (κ2) is 8.12. The molecule has 1 unspecified atom stereocenters. The molecule has 1 atom stereocenters. The number of hydrogen-bond acceptors (Lipinski definition) is 5. The molecular formula is C21H25NO5. The highest BCUT2D eigenvalue weighted by molar-refractivity contribution is 5.80. The molecule has 0 spiro atoms. The molecule has 0 bridgehead atoms. The molecule has 0 aromatic heterocycles. The van der Waals surface area contributed by atoms with Crippen LogP contribution in [0.1, 0.15) is 38.1 Å². The number of carbonyl (C=O) groups excluding carboxylic acids is 2. The number of hydrogen-bond donors (Lipinski definition) is 1. The summed E-state index contributed by atoms with van der Waals surface area (Å²) in [6.07, 6.45) is 9.15. The number of aldehydes is 1. The molecule has 1 aromatic carbocycles. The van der Waals surface area contributed by atoms with Gasteiger partial charge in [-0.25, -0.2) is 4.79 Å². The fourth-order valence-electron chi connectivity index (χ4n) is 2.39. The minimum Gasteiger partial charge on any atom is -0.496 e. The van der Waals surface area contributed by atoms with Gasteiger partial charge in [0.1, 0.15) is 22.9 Å². The van der Waals surface area contributed by atoms with Crippen molar-refractivity contribution in [2.45, 2.75) is 38.8 Å². The highest BCUT2D eigenvalue weighted by atomic mass is 16.6. The SMILES string of the molecule is COc1ccc(OC2=CC=CC(C)(NC(=O)OC(C)(C)C)C=C2)cc1C=O. The van der Waals surface area contributed by atoms with Gasteiger partial charge in [-0.2, -0.15) is 0 Å². The molecule has 0 radical (unpaired) electrons. The van der Waals surface area contributed by atoms with Crippen molar-refractivity contribution in [1.29, 1.82) is 0 Å². The summed E-state index contributed by atoms with van der Waals surface area (Å²) in [5, 5.41) is 2.82. The maximum Gasteiger partial charge on any atom is 0.408 e. The largest absolute Gasteiger partial charge is 0.496 e. The molecule has 1 aliphatic carbocycles. The van der Waals surface area contributed by atoms with Crippen LogP contribution in [0.15, 0.2) is 54.3 Å². The fourth-order valence-corrected chi connectivity index (χ4v) is 2.39. The van der Waals surface area contributed by atoms with Gasteiger partial charge < -0.3 is 19.5 Å². The lowest BCUT2D eigenvalue weighted by Crippen LogP contribution is -2.45. The molecule has 0 saturated carbocycles. The number of carbonyl (C=O) groups is 2. The Kier molecular flexibility index (Phi) is 6.10. The Labute approximate surface area is 159 Å². The number of allylic oxidation sites excluding steroid dienone is 3. The molecule has 0 saturated heterocycles. The number of amides is 1. The van der Waals surface area contributed by atoms with E-state index >= 15 is 0 Å². The van der Waals surface area contributed by atoms with Crippen molar-refractivity contribution < 1.29 is 23.8 Å². The predicted octanol–water partition coefficient (Wildman–Crippen LogP) is 4.18. The average molecular weight is 371 g/mol. The van der Waals surface area contributed by atoms with E-state index in [0.717, 1.165) is 0 Å². The molecule has 0 fully saturated rings. The Balaban J connectivity index is 2.09. The standard InChI is InChI=1S/C21H25NO5/c1-20(2,3)27-19(24)22-21(4)11-6-7-16(10-12-21)26-17-8-9-18(25-5)15(13-17)14-23/h6-14H,1-5H3,(H,22,24). The van der Waals surface area contributed by atoms with Gasteiger partial charge in [-0.15, -0.1) is 0 Å². The van der Waals surface area contributed by atoms with E-state index in [1.54, 1.807) is 42.5 Å². The summed E-state index contributed by atoms with van der Waals surface area (Å²) in [7, 11) is 1.50. The van der Waals surface area contributed by atoms with Gasteiger partial charge in [0.05, 0.1) is 18.2 Å². The Morgan fingerprint density at radius 1 is 1.22 bits per heavy atom. The molecule has 1 aromatic rings. The molecule has 1 amide bonds. The Morgan fingerprint density at radius 2 is 1.96 bits per heavy atom. The van der Waals surface area contributed by atoms with E-state index in [0.29, 0.717) is 29.1 Å². The first kappa shape index (κ1) is 20.3. The van der Waals surface area contributed by atoms with Gasteiger partial charge in [-0.1, -0.05) is 18.2 Å². The Hall–Kier alpha value is -3.02. The van der Waals surface area contributed by atoms with Crippen molar-refractivity contribution in [3.63, 3.8) is 0 Å². The van der Waals surface area contributed by atoms with Crippen LogP contribution in [0.4, 0.5) is 4.79 Å². The zero-order valence-electron chi connectivity index (χ0n) is 16.2. The Bertz CT molecular complexity index is 801. The van der Waals surface area contributed by atoms with Gasteiger partial charge >= 0.3 is 6.09 Å². The molecule has 1 aliphatic rings. The third-order valence-electron chi connectivity index (χ3n) is 3.63. The summed E-state index contributed by atoms with van der Waals surface area (Å²) < 4.78 is 16.2. The van der Waals surface area contributed by atoms with Crippen LogP contribution in [0, 0.1) is 0 Å². The summed E-state index contributed by atoms with van der Waals surface area (Å²) in [4.78, 5) is 23.2. The maximum atomic E-state index is 12.1. The van der Waals surface area contributed by atoms with E-state index in [4.69, 9.17) is 14.2 Å². The number of nitrogens with one attached hydrogen (secondary N) is 1. The molecule has 1 N–H and O–H groups in total. The van der Waals surface area contributed by atoms with E-state index in [-0.39, 0.29) is 0 Å². The van der Waals surface area contributed by atoms with Crippen LogP contribution in [0.3, 0.4) is 0 Å². The molecule has 6 heteroatoms. The topological polar surface area (TPSA) is 73.9 Å². The van der Waals surface area contributed by atoms with Gasteiger partial charge in [0.2, 0.25) is 0 Å². The monoisotopic (exact) mass is 371 g/mol. The third-order valence-corrected chi connectivity index (χ3v) is 3.63. The zero-order valence-corrected chi connectivity index (χ0v) is 16.2. The van der Waals surface area contributed by atoms with Gasteiger partial charge in [-0.3, -0.25) is 4.79 Å². The van der Waals surface area contributed by atoms with Crippen LogP contribution in [0.2, 0.25) is 0 Å². The van der Waals surface area contributed by atoms with Gasteiger partial charge in [-0.05, 0) is 58.0 Å².